The van der Waals surface area contributed by atoms with Gasteiger partial charge in [0.25, 0.3) is 5.91 Å². The van der Waals surface area contributed by atoms with Crippen molar-refractivity contribution >= 4 is 39.0 Å². The number of benzene rings is 1. The van der Waals surface area contributed by atoms with Crippen LogP contribution >= 0.6 is 11.3 Å². The molecule has 4 N–H and O–H groups in total. The highest BCUT2D eigenvalue weighted by molar-refractivity contribution is 7.15. The third-order valence-corrected chi connectivity index (χ3v) is 3.56. The standard InChI is InChI=1S/C13H12N4OS/c1-7-6-15-13(19-7)17-12(18)11-5-8-4-9(14)2-3-10(8)16-11/h2-6,16H,14H2,1H3,(H,15,17,18). The number of hydrogen-bond donors (Lipinski definition) is 3. The van der Waals surface area contributed by atoms with Crippen LogP contribution in [0.5, 0.6) is 0 Å². The fraction of sp³-hybridized carbons (Fsp3) is 0.0769. The molecule has 0 fully saturated rings. The molecule has 0 bridgehead atoms. The molecule has 3 rings (SSSR count). The molecule has 19 heavy (non-hydrogen) atoms. The second-order valence-corrected chi connectivity index (χ2v) is 5.49. The summed E-state index contributed by atoms with van der Waals surface area (Å²) in [6, 6.07) is 7.26. The average Bonchev–Trinajstić information content (AvgIpc) is 2.95. The van der Waals surface area contributed by atoms with Gasteiger partial charge in [-0.3, -0.25) is 10.1 Å². The second kappa shape index (κ2) is 4.40. The summed E-state index contributed by atoms with van der Waals surface area (Å²) in [6.45, 7) is 1.94. The van der Waals surface area contributed by atoms with Crippen LogP contribution in [0.25, 0.3) is 10.9 Å². The number of nitrogens with zero attached hydrogens (tertiary/aromatic N) is 1. The minimum atomic E-state index is -0.205. The average molecular weight is 272 g/mol. The Morgan fingerprint density at radius 2 is 2.26 bits per heavy atom. The number of fused-ring (bicyclic) bond motifs is 1. The van der Waals surface area contributed by atoms with Crippen LogP contribution in [0.3, 0.4) is 0 Å². The van der Waals surface area contributed by atoms with Gasteiger partial charge < -0.3 is 10.7 Å². The van der Waals surface area contributed by atoms with Gasteiger partial charge in [0, 0.05) is 27.7 Å². The largest absolute Gasteiger partial charge is 0.399 e. The van der Waals surface area contributed by atoms with Gasteiger partial charge in [0.2, 0.25) is 0 Å². The molecule has 0 aliphatic carbocycles. The molecule has 0 unspecified atom stereocenters. The maximum Gasteiger partial charge on any atom is 0.273 e. The van der Waals surface area contributed by atoms with E-state index in [-0.39, 0.29) is 5.91 Å². The number of aromatic nitrogens is 2. The maximum absolute atomic E-state index is 12.1. The lowest BCUT2D eigenvalue weighted by Gasteiger charge is -1.97. The molecule has 3 aromatic rings. The number of amides is 1. The van der Waals surface area contributed by atoms with Crippen LogP contribution in [0.1, 0.15) is 15.4 Å². The van der Waals surface area contributed by atoms with E-state index in [1.54, 1.807) is 18.3 Å². The lowest BCUT2D eigenvalue weighted by Crippen LogP contribution is -2.11. The number of aryl methyl sites for hydroxylation is 1. The number of carbonyl (C=O) groups is 1. The zero-order valence-electron chi connectivity index (χ0n) is 10.2. The van der Waals surface area contributed by atoms with Crippen LogP contribution < -0.4 is 11.1 Å². The number of aromatic amines is 1. The summed E-state index contributed by atoms with van der Waals surface area (Å²) < 4.78 is 0. The first kappa shape index (κ1) is 11.7. The number of nitrogen functional groups attached to an aromatic ring is 1. The quantitative estimate of drug-likeness (QED) is 0.627. The molecular weight excluding hydrogens is 260 g/mol. The van der Waals surface area contributed by atoms with Gasteiger partial charge in [0.05, 0.1) is 0 Å². The highest BCUT2D eigenvalue weighted by Gasteiger charge is 2.11. The molecule has 0 spiro atoms. The minimum Gasteiger partial charge on any atom is -0.399 e. The summed E-state index contributed by atoms with van der Waals surface area (Å²) in [7, 11) is 0. The smallest absolute Gasteiger partial charge is 0.273 e. The summed E-state index contributed by atoms with van der Waals surface area (Å²) >= 11 is 1.44. The van der Waals surface area contributed by atoms with Crippen molar-refractivity contribution in [1.82, 2.24) is 9.97 Å². The third kappa shape index (κ3) is 2.30. The van der Waals surface area contributed by atoms with Crippen molar-refractivity contribution in [1.29, 1.82) is 0 Å². The molecule has 6 heteroatoms. The van der Waals surface area contributed by atoms with Crippen molar-refractivity contribution in [3.8, 4) is 0 Å². The zero-order valence-corrected chi connectivity index (χ0v) is 11.0. The zero-order chi connectivity index (χ0) is 13.4. The van der Waals surface area contributed by atoms with Crippen molar-refractivity contribution in [2.45, 2.75) is 6.92 Å². The number of H-pyrrole nitrogens is 1. The number of anilines is 2. The number of nitrogens with two attached hydrogens (primary N) is 1. The molecule has 2 aromatic heterocycles. The topological polar surface area (TPSA) is 83.8 Å². The van der Waals surface area contributed by atoms with Crippen molar-refractivity contribution < 1.29 is 4.79 Å². The molecule has 2 heterocycles. The molecule has 0 saturated carbocycles. The van der Waals surface area contributed by atoms with Crippen LogP contribution in [-0.4, -0.2) is 15.9 Å². The van der Waals surface area contributed by atoms with E-state index < -0.39 is 0 Å². The Kier molecular flexibility index (Phi) is 2.72. The molecular formula is C13H12N4OS. The molecule has 0 saturated heterocycles. The first-order valence-corrected chi connectivity index (χ1v) is 6.55. The van der Waals surface area contributed by atoms with E-state index in [9.17, 15) is 4.79 Å². The van der Waals surface area contributed by atoms with Gasteiger partial charge in [-0.1, -0.05) is 0 Å². The Hall–Kier alpha value is -2.34. The lowest BCUT2D eigenvalue weighted by molar-refractivity contribution is 0.102. The first-order chi connectivity index (χ1) is 9.11. The molecule has 0 atom stereocenters. The molecule has 1 amide bonds. The van der Waals surface area contributed by atoms with Gasteiger partial charge in [-0.2, -0.15) is 0 Å². The predicted octanol–water partition coefficient (Wildman–Crippen LogP) is 2.77. The highest BCUT2D eigenvalue weighted by atomic mass is 32.1. The normalized spacial score (nSPS) is 10.8. The molecule has 96 valence electrons. The molecule has 5 nitrogen and oxygen atoms in total. The fourth-order valence-corrected chi connectivity index (χ4v) is 2.51. The Balaban J connectivity index is 1.89. The summed E-state index contributed by atoms with van der Waals surface area (Å²) in [6.07, 6.45) is 1.73. The third-order valence-electron chi connectivity index (χ3n) is 2.73. The minimum absolute atomic E-state index is 0.205. The van der Waals surface area contributed by atoms with Crippen molar-refractivity contribution in [2.75, 3.05) is 11.1 Å². The monoisotopic (exact) mass is 272 g/mol. The number of nitrogens with one attached hydrogen (secondary N) is 2. The molecule has 1 aromatic carbocycles. The van der Waals surface area contributed by atoms with E-state index in [2.05, 4.69) is 15.3 Å². The van der Waals surface area contributed by atoms with Gasteiger partial charge in [-0.25, -0.2) is 4.98 Å². The Morgan fingerprint density at radius 3 is 3.00 bits per heavy atom. The van der Waals surface area contributed by atoms with Gasteiger partial charge in [0.1, 0.15) is 5.69 Å². The summed E-state index contributed by atoms with van der Waals surface area (Å²) in [5, 5.41) is 4.28. The Morgan fingerprint density at radius 1 is 1.42 bits per heavy atom. The van der Waals surface area contributed by atoms with Crippen LogP contribution in [0.4, 0.5) is 10.8 Å². The Labute approximate surface area is 113 Å². The maximum atomic E-state index is 12.1. The SMILES string of the molecule is Cc1cnc(NC(=O)c2cc3cc(N)ccc3[nH]2)s1. The summed E-state index contributed by atoms with van der Waals surface area (Å²) in [4.78, 5) is 20.3. The van der Waals surface area contributed by atoms with Crippen molar-refractivity contribution in [3.05, 3.63) is 41.0 Å². The van der Waals surface area contributed by atoms with Crippen LogP contribution in [0.2, 0.25) is 0 Å². The number of carbonyl (C=O) groups excluding carboxylic acids is 1. The Bertz CT molecular complexity index is 759. The van der Waals surface area contributed by atoms with E-state index in [1.807, 2.05) is 19.1 Å². The second-order valence-electron chi connectivity index (χ2n) is 4.26. The van der Waals surface area contributed by atoms with Gasteiger partial charge in [-0.05, 0) is 31.2 Å². The van der Waals surface area contributed by atoms with E-state index in [0.717, 1.165) is 15.8 Å². The first-order valence-electron chi connectivity index (χ1n) is 5.74. The van der Waals surface area contributed by atoms with Crippen molar-refractivity contribution in [3.63, 3.8) is 0 Å². The van der Waals surface area contributed by atoms with Crippen molar-refractivity contribution in [2.24, 2.45) is 0 Å². The summed E-state index contributed by atoms with van der Waals surface area (Å²) in [5.41, 5.74) is 7.77. The number of rotatable bonds is 2. The van der Waals surface area contributed by atoms with Gasteiger partial charge >= 0.3 is 0 Å². The number of hydrogen-bond acceptors (Lipinski definition) is 4. The van der Waals surface area contributed by atoms with E-state index in [1.165, 1.54) is 11.3 Å². The number of thiazole rings is 1. The van der Waals surface area contributed by atoms with Crippen LogP contribution in [-0.2, 0) is 0 Å². The van der Waals surface area contributed by atoms with Gasteiger partial charge in [0.15, 0.2) is 5.13 Å². The molecule has 0 aliphatic rings. The van der Waals surface area contributed by atoms with Gasteiger partial charge in [-0.15, -0.1) is 11.3 Å². The van der Waals surface area contributed by atoms with Crippen LogP contribution in [0.15, 0.2) is 30.5 Å². The predicted molar refractivity (Wildman–Crippen MR) is 77.5 cm³/mol. The highest BCUT2D eigenvalue weighted by Crippen LogP contribution is 2.20. The van der Waals surface area contributed by atoms with E-state index in [0.29, 0.717) is 16.5 Å². The molecule has 0 radical (unpaired) electrons. The summed E-state index contributed by atoms with van der Waals surface area (Å²) in [5.74, 6) is -0.205. The van der Waals surface area contributed by atoms with E-state index in [4.69, 9.17) is 5.73 Å². The fourth-order valence-electron chi connectivity index (χ4n) is 1.85. The molecule has 0 aliphatic heterocycles. The van der Waals surface area contributed by atoms with E-state index >= 15 is 0 Å². The lowest BCUT2D eigenvalue weighted by atomic mass is 10.2. The van der Waals surface area contributed by atoms with Crippen LogP contribution in [0, 0.1) is 6.92 Å².